The number of rotatable bonds is 5. The van der Waals surface area contributed by atoms with E-state index in [1.54, 1.807) is 10.9 Å². The SMILES string of the molecule is CC(C)c1ccn(C2(C(=O)O)CCN(Cc3ccccc3C#N)CC2)n1. The number of nitriles is 1. The first-order valence-electron chi connectivity index (χ1n) is 8.96. The first-order chi connectivity index (χ1) is 12.5. The van der Waals surface area contributed by atoms with Crippen LogP contribution in [0, 0.1) is 11.3 Å². The molecule has 26 heavy (non-hydrogen) atoms. The van der Waals surface area contributed by atoms with Crippen molar-refractivity contribution in [3.05, 3.63) is 53.3 Å². The Kier molecular flexibility index (Phi) is 5.10. The van der Waals surface area contributed by atoms with Gasteiger partial charge in [0.15, 0.2) is 5.54 Å². The Morgan fingerprint density at radius 1 is 1.31 bits per heavy atom. The number of carboxylic acid groups (broad SMARTS) is 1. The summed E-state index contributed by atoms with van der Waals surface area (Å²) < 4.78 is 1.64. The first-order valence-corrected chi connectivity index (χ1v) is 8.96. The van der Waals surface area contributed by atoms with E-state index in [0.717, 1.165) is 11.3 Å². The maximum Gasteiger partial charge on any atom is 0.331 e. The van der Waals surface area contributed by atoms with Crippen LogP contribution in [-0.2, 0) is 16.9 Å². The summed E-state index contributed by atoms with van der Waals surface area (Å²) in [6.45, 7) is 6.08. The summed E-state index contributed by atoms with van der Waals surface area (Å²) in [4.78, 5) is 14.3. The van der Waals surface area contributed by atoms with Gasteiger partial charge in [0.2, 0.25) is 0 Å². The van der Waals surface area contributed by atoms with E-state index in [1.165, 1.54) is 0 Å². The molecular weight excluding hydrogens is 328 g/mol. The molecule has 0 unspecified atom stereocenters. The Hall–Kier alpha value is -2.65. The average molecular weight is 352 g/mol. The zero-order chi connectivity index (χ0) is 18.7. The Morgan fingerprint density at radius 3 is 2.58 bits per heavy atom. The second-order valence-electron chi connectivity index (χ2n) is 7.22. The monoisotopic (exact) mass is 352 g/mol. The van der Waals surface area contributed by atoms with Crippen LogP contribution in [0.15, 0.2) is 36.5 Å². The minimum Gasteiger partial charge on any atom is -0.479 e. The molecule has 0 bridgehead atoms. The second-order valence-corrected chi connectivity index (χ2v) is 7.22. The van der Waals surface area contributed by atoms with Gasteiger partial charge in [-0.2, -0.15) is 10.4 Å². The van der Waals surface area contributed by atoms with Crippen molar-refractivity contribution >= 4 is 5.97 Å². The highest BCUT2D eigenvalue weighted by Gasteiger charge is 2.44. The Bertz CT molecular complexity index is 826. The largest absolute Gasteiger partial charge is 0.479 e. The van der Waals surface area contributed by atoms with Gasteiger partial charge in [0.05, 0.1) is 17.3 Å². The predicted molar refractivity (Wildman–Crippen MR) is 97.6 cm³/mol. The van der Waals surface area contributed by atoms with Gasteiger partial charge in [-0.15, -0.1) is 0 Å². The van der Waals surface area contributed by atoms with Crippen molar-refractivity contribution in [1.82, 2.24) is 14.7 Å². The fourth-order valence-electron chi connectivity index (χ4n) is 3.51. The molecule has 6 nitrogen and oxygen atoms in total. The van der Waals surface area contributed by atoms with Gasteiger partial charge in [-0.1, -0.05) is 32.0 Å². The molecule has 0 atom stereocenters. The highest BCUT2D eigenvalue weighted by atomic mass is 16.4. The van der Waals surface area contributed by atoms with Gasteiger partial charge in [-0.05, 0) is 36.5 Å². The zero-order valence-corrected chi connectivity index (χ0v) is 15.2. The van der Waals surface area contributed by atoms with Crippen LogP contribution in [0.4, 0.5) is 0 Å². The van der Waals surface area contributed by atoms with Crippen LogP contribution >= 0.6 is 0 Å². The van der Waals surface area contributed by atoms with Crippen molar-refractivity contribution in [3.63, 3.8) is 0 Å². The fraction of sp³-hybridized carbons (Fsp3) is 0.450. The molecule has 1 N–H and O–H groups in total. The summed E-state index contributed by atoms with van der Waals surface area (Å²) in [6, 6.07) is 11.7. The van der Waals surface area contributed by atoms with Gasteiger partial charge in [0, 0.05) is 25.8 Å². The lowest BCUT2D eigenvalue weighted by molar-refractivity contribution is -0.151. The minimum absolute atomic E-state index is 0.268. The number of carboxylic acids is 1. The van der Waals surface area contributed by atoms with Crippen molar-refractivity contribution < 1.29 is 9.90 Å². The van der Waals surface area contributed by atoms with Gasteiger partial charge < -0.3 is 5.11 Å². The number of piperidine rings is 1. The number of benzene rings is 1. The van der Waals surface area contributed by atoms with Crippen molar-refractivity contribution in [3.8, 4) is 6.07 Å². The van der Waals surface area contributed by atoms with Crippen LogP contribution in [0.25, 0.3) is 0 Å². The molecule has 0 saturated carbocycles. The quantitative estimate of drug-likeness (QED) is 0.894. The standard InChI is InChI=1S/C20H24N4O2/c1-15(2)18-7-10-24(22-18)20(19(25)26)8-11-23(12-9-20)14-17-6-4-3-5-16(17)13-21/h3-7,10,15H,8-9,11-12,14H2,1-2H3,(H,25,26). The molecule has 1 aromatic heterocycles. The maximum absolute atomic E-state index is 12.1. The molecule has 1 saturated heterocycles. The third-order valence-electron chi connectivity index (χ3n) is 5.25. The molecule has 0 radical (unpaired) electrons. The van der Waals surface area contributed by atoms with Crippen molar-refractivity contribution in [2.45, 2.75) is 44.7 Å². The van der Waals surface area contributed by atoms with Crippen LogP contribution < -0.4 is 0 Å². The summed E-state index contributed by atoms with van der Waals surface area (Å²) >= 11 is 0. The van der Waals surface area contributed by atoms with Crippen LogP contribution in [0.5, 0.6) is 0 Å². The normalized spacial score (nSPS) is 17.2. The number of hydrogen-bond acceptors (Lipinski definition) is 4. The average Bonchev–Trinajstić information content (AvgIpc) is 3.13. The highest BCUT2D eigenvalue weighted by Crippen LogP contribution is 2.32. The molecule has 136 valence electrons. The molecule has 3 rings (SSSR count). The van der Waals surface area contributed by atoms with Crippen LogP contribution in [0.1, 0.15) is 49.4 Å². The number of hydrogen-bond donors (Lipinski definition) is 1. The molecule has 0 spiro atoms. The molecule has 1 aliphatic rings. The van der Waals surface area contributed by atoms with Gasteiger partial charge in [0.1, 0.15) is 0 Å². The van der Waals surface area contributed by atoms with E-state index in [9.17, 15) is 15.2 Å². The first kappa shape index (κ1) is 18.2. The molecule has 1 aromatic carbocycles. The van der Waals surface area contributed by atoms with E-state index in [0.29, 0.717) is 38.0 Å². The highest BCUT2D eigenvalue weighted by molar-refractivity contribution is 5.76. The Morgan fingerprint density at radius 2 is 2.00 bits per heavy atom. The summed E-state index contributed by atoms with van der Waals surface area (Å²) in [5.74, 6) is -0.558. The minimum atomic E-state index is -0.988. The molecule has 2 heterocycles. The summed E-state index contributed by atoms with van der Waals surface area (Å²) in [5.41, 5.74) is 1.59. The molecule has 0 aliphatic carbocycles. The molecule has 0 amide bonds. The number of aromatic nitrogens is 2. The fourth-order valence-corrected chi connectivity index (χ4v) is 3.51. The van der Waals surface area contributed by atoms with Gasteiger partial charge in [-0.3, -0.25) is 9.58 Å². The predicted octanol–water partition coefficient (Wildman–Crippen LogP) is 2.95. The van der Waals surface area contributed by atoms with E-state index in [2.05, 4.69) is 29.9 Å². The van der Waals surface area contributed by atoms with Gasteiger partial charge >= 0.3 is 5.97 Å². The van der Waals surface area contributed by atoms with Crippen LogP contribution in [0.3, 0.4) is 0 Å². The third kappa shape index (κ3) is 3.35. The van der Waals surface area contributed by atoms with Crippen LogP contribution in [-0.4, -0.2) is 38.8 Å². The summed E-state index contributed by atoms with van der Waals surface area (Å²) in [7, 11) is 0. The summed E-state index contributed by atoms with van der Waals surface area (Å²) in [5, 5.41) is 23.7. The van der Waals surface area contributed by atoms with Crippen LogP contribution in [0.2, 0.25) is 0 Å². The second kappa shape index (κ2) is 7.30. The van der Waals surface area contributed by atoms with E-state index in [4.69, 9.17) is 0 Å². The zero-order valence-electron chi connectivity index (χ0n) is 15.2. The number of carbonyl (C=O) groups is 1. The lowest BCUT2D eigenvalue weighted by atomic mass is 9.87. The van der Waals surface area contributed by atoms with Crippen molar-refractivity contribution in [2.75, 3.05) is 13.1 Å². The van der Waals surface area contributed by atoms with Crippen molar-refractivity contribution in [2.24, 2.45) is 0 Å². The smallest absolute Gasteiger partial charge is 0.331 e. The lowest BCUT2D eigenvalue weighted by Gasteiger charge is -2.39. The van der Waals surface area contributed by atoms with Gasteiger partial charge in [-0.25, -0.2) is 4.79 Å². The number of likely N-dealkylation sites (tertiary alicyclic amines) is 1. The third-order valence-corrected chi connectivity index (χ3v) is 5.25. The molecule has 1 fully saturated rings. The molecule has 2 aromatic rings. The topological polar surface area (TPSA) is 82.2 Å². The van der Waals surface area contributed by atoms with E-state index in [1.807, 2.05) is 30.3 Å². The molecule has 1 aliphatic heterocycles. The van der Waals surface area contributed by atoms with E-state index in [-0.39, 0.29) is 5.92 Å². The van der Waals surface area contributed by atoms with Gasteiger partial charge in [0.25, 0.3) is 0 Å². The molecule has 6 heteroatoms. The summed E-state index contributed by atoms with van der Waals surface area (Å²) in [6.07, 6.45) is 2.79. The Labute approximate surface area is 153 Å². The molecular formula is C20H24N4O2. The lowest BCUT2D eigenvalue weighted by Crippen LogP contribution is -2.51. The maximum atomic E-state index is 12.1. The number of aliphatic carboxylic acids is 1. The van der Waals surface area contributed by atoms with E-state index >= 15 is 0 Å². The Balaban J connectivity index is 1.75. The number of nitrogens with zero attached hydrogens (tertiary/aromatic N) is 4. The van der Waals surface area contributed by atoms with E-state index < -0.39 is 11.5 Å². The van der Waals surface area contributed by atoms with Crippen molar-refractivity contribution in [1.29, 1.82) is 5.26 Å².